The fraction of sp³-hybridized carbons (Fsp3) is 0.389. The summed E-state index contributed by atoms with van der Waals surface area (Å²) in [5.74, 6) is -0.0759. The lowest BCUT2D eigenvalue weighted by molar-refractivity contribution is -0.123. The van der Waals surface area contributed by atoms with Crippen LogP contribution in [0, 0.1) is 5.92 Å². The summed E-state index contributed by atoms with van der Waals surface area (Å²) in [4.78, 5) is 21.2. The minimum Gasteiger partial charge on any atom is -0.354 e. The maximum atomic E-state index is 12.6. The molecule has 0 spiro atoms. The van der Waals surface area contributed by atoms with E-state index in [2.05, 4.69) is 20.0 Å². The molecule has 1 aliphatic heterocycles. The summed E-state index contributed by atoms with van der Waals surface area (Å²) < 4.78 is 28.8. The summed E-state index contributed by atoms with van der Waals surface area (Å²) in [7, 11) is -3.62. The van der Waals surface area contributed by atoms with Gasteiger partial charge in [0.05, 0.1) is 11.2 Å². The Hall–Kier alpha value is -2.68. The second-order valence-corrected chi connectivity index (χ2v) is 8.36. The predicted molar refractivity (Wildman–Crippen MR) is 102 cm³/mol. The number of aryl methyl sites for hydroxylation is 1. The number of aromatic nitrogens is 2. The zero-order chi connectivity index (χ0) is 19.4. The number of carbonyl (C=O) groups is 1. The third kappa shape index (κ3) is 4.36. The second-order valence-electron chi connectivity index (χ2n) is 6.71. The van der Waals surface area contributed by atoms with E-state index in [1.807, 2.05) is 24.6 Å². The SMILES string of the molecule is CC(C)[C@H](N=C1NS(=O)(=O)c2ccccc21)C(=O)NCCCn1ccnc1. The monoisotopic (exact) mass is 389 g/mol. The highest BCUT2D eigenvalue weighted by molar-refractivity contribution is 7.90. The second kappa shape index (κ2) is 7.91. The topological polar surface area (TPSA) is 105 Å². The van der Waals surface area contributed by atoms with Gasteiger partial charge in [0.15, 0.2) is 0 Å². The minimum absolute atomic E-state index is 0.0802. The molecule has 1 aliphatic rings. The number of hydrogen-bond acceptors (Lipinski definition) is 5. The third-order valence-corrected chi connectivity index (χ3v) is 5.68. The van der Waals surface area contributed by atoms with Gasteiger partial charge >= 0.3 is 0 Å². The van der Waals surface area contributed by atoms with E-state index in [1.54, 1.807) is 30.7 Å². The predicted octanol–water partition coefficient (Wildman–Crippen LogP) is 1.15. The number of rotatable bonds is 7. The molecule has 0 aliphatic carbocycles. The van der Waals surface area contributed by atoms with Crippen LogP contribution in [0.15, 0.2) is 52.9 Å². The van der Waals surface area contributed by atoms with Gasteiger partial charge in [-0.2, -0.15) is 0 Å². The summed E-state index contributed by atoms with van der Waals surface area (Å²) in [5.41, 5.74) is 0.496. The van der Waals surface area contributed by atoms with Gasteiger partial charge in [-0.25, -0.2) is 13.4 Å². The largest absolute Gasteiger partial charge is 0.354 e. The highest BCUT2D eigenvalue weighted by atomic mass is 32.2. The first-order valence-corrected chi connectivity index (χ1v) is 10.3. The van der Waals surface area contributed by atoms with Crippen molar-refractivity contribution in [3.05, 3.63) is 48.5 Å². The zero-order valence-electron chi connectivity index (χ0n) is 15.3. The van der Waals surface area contributed by atoms with Gasteiger partial charge in [0.25, 0.3) is 10.0 Å². The molecule has 1 aromatic carbocycles. The van der Waals surface area contributed by atoms with Gasteiger partial charge in [0.1, 0.15) is 11.9 Å². The fourth-order valence-electron chi connectivity index (χ4n) is 2.88. The van der Waals surface area contributed by atoms with E-state index in [1.165, 1.54) is 6.07 Å². The number of amidine groups is 1. The molecular weight excluding hydrogens is 366 g/mol. The number of aliphatic imine (C=N–C) groups is 1. The van der Waals surface area contributed by atoms with Crippen molar-refractivity contribution >= 4 is 21.8 Å². The minimum atomic E-state index is -3.62. The Morgan fingerprint density at radius 2 is 2.11 bits per heavy atom. The number of sulfonamides is 1. The average Bonchev–Trinajstić information content (AvgIpc) is 3.23. The molecule has 0 fully saturated rings. The van der Waals surface area contributed by atoms with E-state index in [4.69, 9.17) is 0 Å². The Labute approximate surface area is 158 Å². The molecule has 0 unspecified atom stereocenters. The van der Waals surface area contributed by atoms with Crippen LogP contribution in [0.3, 0.4) is 0 Å². The average molecular weight is 389 g/mol. The van der Waals surface area contributed by atoms with Crippen LogP contribution in [-0.4, -0.2) is 42.3 Å². The molecule has 1 amide bonds. The number of benzene rings is 1. The van der Waals surface area contributed by atoms with Crippen molar-refractivity contribution in [2.24, 2.45) is 10.9 Å². The van der Waals surface area contributed by atoms with E-state index in [0.29, 0.717) is 12.1 Å². The standard InChI is InChI=1S/C18H23N5O3S/c1-13(2)16(18(24)20-8-5-10-23-11-9-19-12-23)21-17-14-6-3-4-7-15(14)27(25,26)22-17/h3-4,6-7,9,11-13,16H,5,8,10H2,1-2H3,(H,20,24)(H,21,22)/t16-/m0/s1. The number of carbonyl (C=O) groups excluding carboxylic acids is 1. The molecule has 2 aromatic rings. The van der Waals surface area contributed by atoms with Crippen molar-refractivity contribution in [1.29, 1.82) is 0 Å². The Kier molecular flexibility index (Phi) is 5.59. The first-order chi connectivity index (χ1) is 12.9. The summed E-state index contributed by atoms with van der Waals surface area (Å²) >= 11 is 0. The lowest BCUT2D eigenvalue weighted by atomic mass is 10.0. The fourth-order valence-corrected chi connectivity index (χ4v) is 4.12. The highest BCUT2D eigenvalue weighted by Gasteiger charge is 2.32. The Morgan fingerprint density at radius 3 is 2.81 bits per heavy atom. The van der Waals surface area contributed by atoms with Crippen LogP contribution in [0.1, 0.15) is 25.8 Å². The number of imidazole rings is 1. The number of fused-ring (bicyclic) bond motifs is 1. The highest BCUT2D eigenvalue weighted by Crippen LogP contribution is 2.23. The summed E-state index contributed by atoms with van der Waals surface area (Å²) in [6.07, 6.45) is 6.08. The maximum Gasteiger partial charge on any atom is 0.263 e. The van der Waals surface area contributed by atoms with Crippen molar-refractivity contribution in [3.8, 4) is 0 Å². The van der Waals surface area contributed by atoms with E-state index >= 15 is 0 Å². The third-order valence-electron chi connectivity index (χ3n) is 4.28. The molecule has 0 saturated carbocycles. The van der Waals surface area contributed by atoms with Crippen LogP contribution < -0.4 is 10.0 Å². The molecule has 1 aromatic heterocycles. The van der Waals surface area contributed by atoms with Crippen molar-refractivity contribution in [2.75, 3.05) is 6.54 Å². The summed E-state index contributed by atoms with van der Waals surface area (Å²) in [5, 5.41) is 2.89. The van der Waals surface area contributed by atoms with Crippen molar-refractivity contribution < 1.29 is 13.2 Å². The van der Waals surface area contributed by atoms with Crippen molar-refractivity contribution in [3.63, 3.8) is 0 Å². The molecule has 27 heavy (non-hydrogen) atoms. The van der Waals surface area contributed by atoms with E-state index in [9.17, 15) is 13.2 Å². The van der Waals surface area contributed by atoms with Crippen LogP contribution in [-0.2, 0) is 21.4 Å². The van der Waals surface area contributed by atoms with E-state index < -0.39 is 16.1 Å². The lowest BCUT2D eigenvalue weighted by Gasteiger charge is -2.17. The molecular formula is C18H23N5O3S. The van der Waals surface area contributed by atoms with Crippen molar-refractivity contribution in [2.45, 2.75) is 37.8 Å². The molecule has 2 N–H and O–H groups in total. The van der Waals surface area contributed by atoms with Crippen LogP contribution in [0.2, 0.25) is 0 Å². The van der Waals surface area contributed by atoms with Gasteiger partial charge in [0, 0.05) is 31.0 Å². The molecule has 2 heterocycles. The number of amides is 1. The van der Waals surface area contributed by atoms with Crippen molar-refractivity contribution in [1.82, 2.24) is 19.6 Å². The number of nitrogens with zero attached hydrogens (tertiary/aromatic N) is 3. The Balaban J connectivity index is 1.69. The molecule has 144 valence electrons. The van der Waals surface area contributed by atoms with Crippen LogP contribution >= 0.6 is 0 Å². The molecule has 0 saturated heterocycles. The van der Waals surface area contributed by atoms with Gasteiger partial charge in [-0.05, 0) is 24.5 Å². The van der Waals surface area contributed by atoms with Gasteiger partial charge in [-0.1, -0.05) is 26.0 Å². The van der Waals surface area contributed by atoms with Gasteiger partial charge < -0.3 is 9.88 Å². The van der Waals surface area contributed by atoms with E-state index in [-0.39, 0.29) is 22.6 Å². The zero-order valence-corrected chi connectivity index (χ0v) is 16.1. The molecule has 0 bridgehead atoms. The molecule has 3 rings (SSSR count). The number of hydrogen-bond donors (Lipinski definition) is 2. The Bertz CT molecular complexity index is 936. The first-order valence-electron chi connectivity index (χ1n) is 8.82. The van der Waals surface area contributed by atoms with Crippen LogP contribution in [0.4, 0.5) is 0 Å². The van der Waals surface area contributed by atoms with Crippen LogP contribution in [0.25, 0.3) is 0 Å². The summed E-state index contributed by atoms with van der Waals surface area (Å²) in [6, 6.07) is 5.94. The normalized spacial score (nSPS) is 17.5. The summed E-state index contributed by atoms with van der Waals surface area (Å²) in [6.45, 7) is 5.03. The van der Waals surface area contributed by atoms with Gasteiger partial charge in [-0.15, -0.1) is 0 Å². The molecule has 0 radical (unpaired) electrons. The lowest BCUT2D eigenvalue weighted by Crippen LogP contribution is -2.39. The first kappa shape index (κ1) is 19.1. The van der Waals surface area contributed by atoms with Crippen LogP contribution in [0.5, 0.6) is 0 Å². The number of nitrogens with one attached hydrogen (secondary N) is 2. The molecule has 9 heteroatoms. The molecule has 1 atom stereocenters. The quantitative estimate of drug-likeness (QED) is 0.693. The Morgan fingerprint density at radius 1 is 1.33 bits per heavy atom. The van der Waals surface area contributed by atoms with E-state index in [0.717, 1.165) is 13.0 Å². The van der Waals surface area contributed by atoms with Gasteiger partial charge in [-0.3, -0.25) is 14.5 Å². The molecule has 8 nitrogen and oxygen atoms in total. The smallest absolute Gasteiger partial charge is 0.263 e. The van der Waals surface area contributed by atoms with Gasteiger partial charge in [0.2, 0.25) is 5.91 Å². The maximum absolute atomic E-state index is 12.6.